The van der Waals surface area contributed by atoms with Gasteiger partial charge in [0.25, 0.3) is 0 Å². The van der Waals surface area contributed by atoms with E-state index in [1.165, 1.54) is 11.1 Å². The summed E-state index contributed by atoms with van der Waals surface area (Å²) in [6.07, 6.45) is 0. The van der Waals surface area contributed by atoms with E-state index >= 15 is 0 Å². The summed E-state index contributed by atoms with van der Waals surface area (Å²) in [6, 6.07) is 4.34. The van der Waals surface area contributed by atoms with Crippen molar-refractivity contribution in [3.63, 3.8) is 0 Å². The van der Waals surface area contributed by atoms with Gasteiger partial charge in [-0.1, -0.05) is 25.9 Å². The van der Waals surface area contributed by atoms with Crippen LogP contribution in [0.1, 0.15) is 37.6 Å². The molecule has 0 radical (unpaired) electrons. The van der Waals surface area contributed by atoms with Crippen LogP contribution in [-0.4, -0.2) is 5.16 Å². The summed E-state index contributed by atoms with van der Waals surface area (Å²) in [5.41, 5.74) is 4.71. The zero-order valence-electron chi connectivity index (χ0n) is 9.92. The van der Waals surface area contributed by atoms with Gasteiger partial charge in [0.2, 0.25) is 0 Å². The van der Waals surface area contributed by atoms with Gasteiger partial charge in [0, 0.05) is 23.9 Å². The first-order valence-electron chi connectivity index (χ1n) is 5.68. The van der Waals surface area contributed by atoms with E-state index in [9.17, 15) is 0 Å². The molecule has 0 fully saturated rings. The minimum absolute atomic E-state index is 0.0333. The number of benzene rings is 1. The van der Waals surface area contributed by atoms with E-state index < -0.39 is 0 Å². The van der Waals surface area contributed by atoms with Crippen molar-refractivity contribution >= 4 is 11.0 Å². The number of hydrogen-bond acceptors (Lipinski definition) is 3. The lowest BCUT2D eigenvalue weighted by Gasteiger charge is -2.14. The smallest absolute Gasteiger partial charge is 0.167 e. The van der Waals surface area contributed by atoms with Gasteiger partial charge < -0.3 is 9.84 Å². The fourth-order valence-electron chi connectivity index (χ4n) is 2.27. The van der Waals surface area contributed by atoms with Crippen LogP contribution in [-0.2, 0) is 18.5 Å². The van der Waals surface area contributed by atoms with Crippen LogP contribution in [0.25, 0.3) is 11.0 Å². The second kappa shape index (κ2) is 3.08. The van der Waals surface area contributed by atoms with Gasteiger partial charge in [-0.2, -0.15) is 0 Å². The Balaban J connectivity index is 2.27. The van der Waals surface area contributed by atoms with E-state index in [-0.39, 0.29) is 5.41 Å². The highest BCUT2D eigenvalue weighted by Gasteiger charge is 2.23. The van der Waals surface area contributed by atoms with Crippen LogP contribution >= 0.6 is 0 Å². The molecule has 1 aromatic heterocycles. The van der Waals surface area contributed by atoms with Gasteiger partial charge in [-0.15, -0.1) is 0 Å². The molecule has 2 aromatic rings. The number of rotatable bonds is 0. The van der Waals surface area contributed by atoms with Crippen molar-refractivity contribution in [2.45, 2.75) is 39.3 Å². The minimum atomic E-state index is 0.0333. The molecule has 0 atom stereocenters. The Kier molecular flexibility index (Phi) is 1.89. The van der Waals surface area contributed by atoms with Crippen LogP contribution in [0.3, 0.4) is 0 Å². The molecule has 0 saturated carbocycles. The third kappa shape index (κ3) is 1.35. The van der Waals surface area contributed by atoms with Crippen LogP contribution in [0, 0.1) is 0 Å². The Morgan fingerprint density at radius 1 is 1.19 bits per heavy atom. The van der Waals surface area contributed by atoms with Gasteiger partial charge in [-0.25, -0.2) is 0 Å². The van der Waals surface area contributed by atoms with E-state index in [1.54, 1.807) is 0 Å². The maximum absolute atomic E-state index is 5.42. The first-order chi connectivity index (χ1) is 7.55. The largest absolute Gasteiger partial charge is 0.356 e. The lowest BCUT2D eigenvalue weighted by molar-refractivity contribution is 0.419. The molecule has 1 aliphatic rings. The van der Waals surface area contributed by atoms with E-state index in [0.717, 1.165) is 29.8 Å². The first kappa shape index (κ1) is 9.85. The number of nitrogens with zero attached hydrogens (tertiary/aromatic N) is 1. The van der Waals surface area contributed by atoms with Crippen LogP contribution in [0.15, 0.2) is 16.7 Å². The number of nitrogens with one attached hydrogen (secondary N) is 1. The average Bonchev–Trinajstić information content (AvgIpc) is 2.76. The summed E-state index contributed by atoms with van der Waals surface area (Å²) < 4.78 is 5.42. The van der Waals surface area contributed by atoms with Crippen molar-refractivity contribution in [1.29, 1.82) is 0 Å². The van der Waals surface area contributed by atoms with Gasteiger partial charge in [-0.3, -0.25) is 0 Å². The number of hydrogen-bond donors (Lipinski definition) is 1. The highest BCUT2D eigenvalue weighted by atomic mass is 16.5. The zero-order valence-corrected chi connectivity index (χ0v) is 9.92. The second-order valence-electron chi connectivity index (χ2n) is 5.50. The summed E-state index contributed by atoms with van der Waals surface area (Å²) in [5, 5.41) is 8.72. The summed E-state index contributed by atoms with van der Waals surface area (Å²) in [6.45, 7) is 8.39. The standard InChI is InChI=1S/C13H16N2O/c1-13(2,3)12-10-4-8-6-14-7-9(8)5-11(10)16-15-12/h4-5,14H,6-7H2,1-3H3. The highest BCUT2D eigenvalue weighted by molar-refractivity contribution is 5.82. The lowest BCUT2D eigenvalue weighted by Crippen LogP contribution is -2.11. The Hall–Kier alpha value is -1.35. The average molecular weight is 216 g/mol. The molecule has 0 amide bonds. The molecule has 84 valence electrons. The van der Waals surface area contributed by atoms with E-state index in [4.69, 9.17) is 4.52 Å². The molecule has 0 aliphatic carbocycles. The molecule has 0 spiro atoms. The van der Waals surface area contributed by atoms with Gasteiger partial charge in [0.05, 0.1) is 5.69 Å². The molecule has 0 saturated heterocycles. The van der Waals surface area contributed by atoms with Crippen molar-refractivity contribution in [1.82, 2.24) is 10.5 Å². The molecule has 2 heterocycles. The first-order valence-corrected chi connectivity index (χ1v) is 5.68. The fourth-order valence-corrected chi connectivity index (χ4v) is 2.27. The van der Waals surface area contributed by atoms with E-state index in [1.807, 2.05) is 0 Å². The molecule has 0 unspecified atom stereocenters. The molecule has 1 N–H and O–H groups in total. The quantitative estimate of drug-likeness (QED) is 0.735. The van der Waals surface area contributed by atoms with Gasteiger partial charge >= 0.3 is 0 Å². The maximum atomic E-state index is 5.42. The van der Waals surface area contributed by atoms with E-state index in [2.05, 4.69) is 43.4 Å². The van der Waals surface area contributed by atoms with Crippen LogP contribution in [0.5, 0.6) is 0 Å². The molecule has 3 heteroatoms. The number of aromatic nitrogens is 1. The maximum Gasteiger partial charge on any atom is 0.167 e. The molecular formula is C13H16N2O. The van der Waals surface area contributed by atoms with Crippen LogP contribution in [0.2, 0.25) is 0 Å². The summed E-state index contributed by atoms with van der Waals surface area (Å²) in [4.78, 5) is 0. The molecular weight excluding hydrogens is 200 g/mol. The van der Waals surface area contributed by atoms with Crippen LogP contribution < -0.4 is 5.32 Å². The lowest BCUT2D eigenvalue weighted by atomic mass is 9.89. The third-order valence-corrected chi connectivity index (χ3v) is 3.13. The normalized spacial score (nSPS) is 15.7. The van der Waals surface area contributed by atoms with Crippen molar-refractivity contribution in [3.05, 3.63) is 29.0 Å². The van der Waals surface area contributed by atoms with Crippen LogP contribution in [0.4, 0.5) is 0 Å². The molecule has 0 bridgehead atoms. The van der Waals surface area contributed by atoms with Crippen molar-refractivity contribution < 1.29 is 4.52 Å². The van der Waals surface area contributed by atoms with Crippen molar-refractivity contribution in [2.24, 2.45) is 0 Å². The Bertz CT molecular complexity index is 549. The van der Waals surface area contributed by atoms with Crippen molar-refractivity contribution in [3.8, 4) is 0 Å². The highest BCUT2D eigenvalue weighted by Crippen LogP contribution is 2.32. The molecule has 1 aliphatic heterocycles. The van der Waals surface area contributed by atoms with Crippen molar-refractivity contribution in [2.75, 3.05) is 0 Å². The topological polar surface area (TPSA) is 38.1 Å². The zero-order chi connectivity index (χ0) is 11.3. The molecule has 3 rings (SSSR count). The third-order valence-electron chi connectivity index (χ3n) is 3.13. The fraction of sp³-hybridized carbons (Fsp3) is 0.462. The predicted octanol–water partition coefficient (Wildman–Crippen LogP) is 2.73. The van der Waals surface area contributed by atoms with Gasteiger partial charge in [0.15, 0.2) is 5.58 Å². The summed E-state index contributed by atoms with van der Waals surface area (Å²) >= 11 is 0. The van der Waals surface area contributed by atoms with Gasteiger partial charge in [-0.05, 0) is 23.3 Å². The molecule has 3 nitrogen and oxygen atoms in total. The Labute approximate surface area is 94.8 Å². The predicted molar refractivity (Wildman–Crippen MR) is 63.3 cm³/mol. The minimum Gasteiger partial charge on any atom is -0.356 e. The monoisotopic (exact) mass is 216 g/mol. The number of fused-ring (bicyclic) bond motifs is 2. The van der Waals surface area contributed by atoms with E-state index in [0.29, 0.717) is 0 Å². The Morgan fingerprint density at radius 2 is 1.88 bits per heavy atom. The molecule has 1 aromatic carbocycles. The SMILES string of the molecule is CC(C)(C)c1noc2cc3c(cc12)CNC3. The summed E-state index contributed by atoms with van der Waals surface area (Å²) in [7, 11) is 0. The summed E-state index contributed by atoms with van der Waals surface area (Å²) in [5.74, 6) is 0. The molecule has 16 heavy (non-hydrogen) atoms. The van der Waals surface area contributed by atoms with Gasteiger partial charge in [0.1, 0.15) is 0 Å². The Morgan fingerprint density at radius 3 is 2.56 bits per heavy atom. The second-order valence-corrected chi connectivity index (χ2v) is 5.50.